The first-order chi connectivity index (χ1) is 8.96. The fraction of sp³-hybridized carbons (Fsp3) is 0.615. The van der Waals surface area contributed by atoms with Gasteiger partial charge in [0.25, 0.3) is 0 Å². The number of hydrogen-bond donors (Lipinski definition) is 2. The van der Waals surface area contributed by atoms with Crippen molar-refractivity contribution in [1.29, 1.82) is 0 Å². The zero-order valence-corrected chi connectivity index (χ0v) is 14.3. The van der Waals surface area contributed by atoms with Crippen molar-refractivity contribution in [1.82, 2.24) is 10.6 Å². The average Bonchev–Trinajstić information content (AvgIpc) is 2.79. The smallest absolute Gasteiger partial charge is 0.191 e. The van der Waals surface area contributed by atoms with Crippen molar-refractivity contribution in [3.8, 4) is 0 Å². The first-order valence-electron chi connectivity index (χ1n) is 6.28. The summed E-state index contributed by atoms with van der Waals surface area (Å²) < 4.78 is 6.52. The van der Waals surface area contributed by atoms with E-state index in [1.54, 1.807) is 18.4 Å². The van der Waals surface area contributed by atoms with E-state index in [4.69, 9.17) is 4.74 Å². The minimum Gasteiger partial charge on any atom is -0.377 e. The van der Waals surface area contributed by atoms with E-state index in [9.17, 15) is 0 Å². The molecule has 1 heterocycles. The van der Waals surface area contributed by atoms with Crippen LogP contribution in [0, 0.1) is 0 Å². The van der Waals surface area contributed by atoms with Gasteiger partial charge in [0.05, 0.1) is 15.9 Å². The third-order valence-electron chi connectivity index (χ3n) is 2.60. The van der Waals surface area contributed by atoms with Crippen LogP contribution in [0.3, 0.4) is 0 Å². The van der Waals surface area contributed by atoms with Crippen LogP contribution in [0.1, 0.15) is 25.6 Å². The van der Waals surface area contributed by atoms with Gasteiger partial charge in [-0.3, -0.25) is 0 Å². The zero-order chi connectivity index (χ0) is 14.3. The van der Waals surface area contributed by atoms with Gasteiger partial charge >= 0.3 is 0 Å². The second-order valence-corrected chi connectivity index (χ2v) is 7.27. The maximum absolute atomic E-state index is 5.38. The number of guanidine groups is 1. The SMILES string of the molecule is CCNC(=NCc1ccc(Br)s1)NCC(C)(C)OC. The van der Waals surface area contributed by atoms with Crippen molar-refractivity contribution in [2.24, 2.45) is 4.99 Å². The van der Waals surface area contributed by atoms with Crippen molar-refractivity contribution >= 4 is 33.2 Å². The molecule has 1 aromatic rings. The fourth-order valence-electron chi connectivity index (χ4n) is 1.30. The Kier molecular flexibility index (Phi) is 6.82. The van der Waals surface area contributed by atoms with Gasteiger partial charge < -0.3 is 15.4 Å². The molecule has 6 heteroatoms. The van der Waals surface area contributed by atoms with Crippen molar-refractivity contribution in [3.63, 3.8) is 0 Å². The molecule has 0 bridgehead atoms. The van der Waals surface area contributed by atoms with E-state index in [0.29, 0.717) is 13.1 Å². The highest BCUT2D eigenvalue weighted by atomic mass is 79.9. The molecule has 0 aromatic carbocycles. The zero-order valence-electron chi connectivity index (χ0n) is 11.9. The van der Waals surface area contributed by atoms with Crippen LogP contribution in [0.4, 0.5) is 0 Å². The largest absolute Gasteiger partial charge is 0.377 e. The number of rotatable bonds is 6. The monoisotopic (exact) mass is 347 g/mol. The quantitative estimate of drug-likeness (QED) is 0.614. The molecule has 0 unspecified atom stereocenters. The van der Waals surface area contributed by atoms with E-state index in [-0.39, 0.29) is 5.60 Å². The van der Waals surface area contributed by atoms with Crippen molar-refractivity contribution in [3.05, 3.63) is 20.8 Å². The minimum absolute atomic E-state index is 0.206. The van der Waals surface area contributed by atoms with E-state index in [1.807, 2.05) is 19.9 Å². The lowest BCUT2D eigenvalue weighted by molar-refractivity contribution is 0.0268. The van der Waals surface area contributed by atoms with Crippen LogP contribution in [0.5, 0.6) is 0 Å². The molecule has 0 amide bonds. The first kappa shape index (κ1) is 16.5. The molecule has 1 rings (SSSR count). The Morgan fingerprint density at radius 2 is 2.16 bits per heavy atom. The standard InChI is InChI=1S/C13H22BrN3OS/c1-5-15-12(17-9-13(2,3)18-4)16-8-10-6-7-11(14)19-10/h6-7H,5,8-9H2,1-4H3,(H2,15,16,17). The van der Waals surface area contributed by atoms with E-state index in [1.165, 1.54) is 4.88 Å². The molecule has 19 heavy (non-hydrogen) atoms. The normalized spacial score (nSPS) is 12.6. The van der Waals surface area contributed by atoms with Gasteiger partial charge in [0.2, 0.25) is 0 Å². The molecule has 0 saturated carbocycles. The lowest BCUT2D eigenvalue weighted by Gasteiger charge is -2.24. The number of nitrogens with one attached hydrogen (secondary N) is 2. The van der Waals surface area contributed by atoms with Gasteiger partial charge in [-0.05, 0) is 48.8 Å². The third kappa shape index (κ3) is 6.40. The Hall–Kier alpha value is -0.590. The summed E-state index contributed by atoms with van der Waals surface area (Å²) in [7, 11) is 1.72. The maximum atomic E-state index is 5.38. The molecule has 0 aliphatic heterocycles. The van der Waals surface area contributed by atoms with Crippen LogP contribution in [-0.2, 0) is 11.3 Å². The average molecular weight is 348 g/mol. The lowest BCUT2D eigenvalue weighted by Crippen LogP contribution is -2.45. The number of methoxy groups -OCH3 is 1. The van der Waals surface area contributed by atoms with E-state index in [2.05, 4.69) is 44.5 Å². The Morgan fingerprint density at radius 1 is 1.42 bits per heavy atom. The van der Waals surface area contributed by atoms with Gasteiger partial charge in [-0.25, -0.2) is 4.99 Å². The topological polar surface area (TPSA) is 45.7 Å². The Labute approximate surface area is 127 Å². The molecule has 0 atom stereocenters. The van der Waals surface area contributed by atoms with Crippen LogP contribution >= 0.6 is 27.3 Å². The Bertz CT molecular complexity index is 418. The second-order valence-electron chi connectivity index (χ2n) is 4.72. The molecule has 0 radical (unpaired) electrons. The molecule has 108 valence electrons. The maximum Gasteiger partial charge on any atom is 0.191 e. The first-order valence-corrected chi connectivity index (χ1v) is 7.89. The summed E-state index contributed by atoms with van der Waals surface area (Å²) in [5.74, 6) is 0.817. The fourth-order valence-corrected chi connectivity index (χ4v) is 2.71. The number of aliphatic imine (C=N–C) groups is 1. The number of nitrogens with zero attached hydrogens (tertiary/aromatic N) is 1. The predicted molar refractivity (Wildman–Crippen MR) is 85.9 cm³/mol. The molecule has 0 aliphatic rings. The van der Waals surface area contributed by atoms with Crippen molar-refractivity contribution in [2.45, 2.75) is 32.9 Å². The van der Waals surface area contributed by atoms with Gasteiger partial charge in [-0.15, -0.1) is 11.3 Å². The van der Waals surface area contributed by atoms with E-state index in [0.717, 1.165) is 16.3 Å². The van der Waals surface area contributed by atoms with Crippen molar-refractivity contribution in [2.75, 3.05) is 20.2 Å². The number of thiophene rings is 1. The lowest BCUT2D eigenvalue weighted by atomic mass is 10.1. The molecule has 0 aliphatic carbocycles. The van der Waals surface area contributed by atoms with Crippen LogP contribution in [0.15, 0.2) is 20.9 Å². The summed E-state index contributed by atoms with van der Waals surface area (Å²) in [6.45, 7) is 8.37. The van der Waals surface area contributed by atoms with Crippen LogP contribution in [-0.4, -0.2) is 31.8 Å². The van der Waals surface area contributed by atoms with Crippen LogP contribution < -0.4 is 10.6 Å². The van der Waals surface area contributed by atoms with E-state index >= 15 is 0 Å². The summed E-state index contributed by atoms with van der Waals surface area (Å²) in [5.41, 5.74) is -0.206. The molecular weight excluding hydrogens is 326 g/mol. The minimum atomic E-state index is -0.206. The van der Waals surface area contributed by atoms with Crippen LogP contribution in [0.25, 0.3) is 0 Å². The predicted octanol–water partition coefficient (Wildman–Crippen LogP) is 2.99. The molecule has 4 nitrogen and oxygen atoms in total. The second kappa shape index (κ2) is 7.87. The van der Waals surface area contributed by atoms with Gasteiger partial charge in [0.1, 0.15) is 0 Å². The number of hydrogen-bond acceptors (Lipinski definition) is 3. The van der Waals surface area contributed by atoms with Gasteiger partial charge in [-0.2, -0.15) is 0 Å². The highest BCUT2D eigenvalue weighted by Gasteiger charge is 2.16. The highest BCUT2D eigenvalue weighted by Crippen LogP contribution is 2.22. The Balaban J connectivity index is 2.56. The highest BCUT2D eigenvalue weighted by molar-refractivity contribution is 9.11. The molecule has 0 spiro atoms. The Morgan fingerprint density at radius 3 is 2.68 bits per heavy atom. The summed E-state index contributed by atoms with van der Waals surface area (Å²) in [4.78, 5) is 5.79. The molecule has 2 N–H and O–H groups in total. The van der Waals surface area contributed by atoms with Gasteiger partial charge in [-0.1, -0.05) is 0 Å². The summed E-state index contributed by atoms with van der Waals surface area (Å²) in [6, 6.07) is 4.13. The summed E-state index contributed by atoms with van der Waals surface area (Å²) in [6.07, 6.45) is 0. The summed E-state index contributed by atoms with van der Waals surface area (Å²) in [5, 5.41) is 6.53. The third-order valence-corrected chi connectivity index (χ3v) is 4.21. The van der Waals surface area contributed by atoms with Crippen molar-refractivity contribution < 1.29 is 4.74 Å². The molecule has 0 fully saturated rings. The van der Waals surface area contributed by atoms with Crippen LogP contribution in [0.2, 0.25) is 0 Å². The molecular formula is C13H22BrN3OS. The van der Waals surface area contributed by atoms with Gasteiger partial charge in [0, 0.05) is 25.1 Å². The number of ether oxygens (including phenoxy) is 1. The molecule has 0 saturated heterocycles. The summed E-state index contributed by atoms with van der Waals surface area (Å²) >= 11 is 5.16. The number of halogens is 1. The van der Waals surface area contributed by atoms with Gasteiger partial charge in [0.15, 0.2) is 5.96 Å². The molecule has 1 aromatic heterocycles. The van der Waals surface area contributed by atoms with E-state index < -0.39 is 0 Å².